The van der Waals surface area contributed by atoms with Crippen LogP contribution in [0.4, 0.5) is 0 Å². The lowest BCUT2D eigenvalue weighted by Crippen LogP contribution is -2.40. The smallest absolute Gasteiger partial charge is 0.230 e. The summed E-state index contributed by atoms with van der Waals surface area (Å²) >= 11 is 3.40. The second-order valence-corrected chi connectivity index (χ2v) is 5.59. The fourth-order valence-electron chi connectivity index (χ4n) is 2.13. The van der Waals surface area contributed by atoms with Crippen molar-refractivity contribution in [2.24, 2.45) is 0 Å². The zero-order valence-corrected chi connectivity index (χ0v) is 11.7. The van der Waals surface area contributed by atoms with Crippen LogP contribution in [0, 0.1) is 0 Å². The van der Waals surface area contributed by atoms with Gasteiger partial charge in [-0.25, -0.2) is 0 Å². The molecule has 2 nitrogen and oxygen atoms in total. The molecule has 0 spiro atoms. The summed E-state index contributed by atoms with van der Waals surface area (Å²) in [6.07, 6.45) is 2.92. The van der Waals surface area contributed by atoms with Gasteiger partial charge in [0.05, 0.1) is 5.41 Å². The molecule has 1 amide bonds. The molecular weight excluding hydrogens is 278 g/mol. The van der Waals surface area contributed by atoms with Crippen molar-refractivity contribution in [1.29, 1.82) is 0 Å². The highest BCUT2D eigenvalue weighted by Crippen LogP contribution is 2.48. The molecule has 0 aliphatic heterocycles. The molecule has 1 fully saturated rings. The molecule has 0 bridgehead atoms. The van der Waals surface area contributed by atoms with Crippen molar-refractivity contribution >= 4 is 21.8 Å². The molecule has 92 valence electrons. The topological polar surface area (TPSA) is 29.1 Å². The van der Waals surface area contributed by atoms with Gasteiger partial charge in [-0.2, -0.15) is 0 Å². The van der Waals surface area contributed by atoms with Crippen LogP contribution in [-0.4, -0.2) is 17.3 Å². The molecule has 0 heterocycles. The summed E-state index contributed by atoms with van der Waals surface area (Å²) in [5.41, 5.74) is 0.922. The fraction of sp³-hybridized carbons (Fsp3) is 0.500. The number of benzene rings is 1. The van der Waals surface area contributed by atoms with E-state index in [2.05, 4.69) is 40.3 Å². The van der Waals surface area contributed by atoms with Crippen molar-refractivity contribution in [3.8, 4) is 0 Å². The van der Waals surface area contributed by atoms with Gasteiger partial charge in [-0.3, -0.25) is 4.79 Å². The predicted molar refractivity (Wildman–Crippen MR) is 73.4 cm³/mol. The molecule has 1 atom stereocenters. The number of hydrogen-bond acceptors (Lipinski definition) is 1. The summed E-state index contributed by atoms with van der Waals surface area (Å²) in [6.45, 7) is 2.06. The molecule has 0 aromatic heterocycles. The fourth-order valence-corrected chi connectivity index (χ4v) is 2.81. The van der Waals surface area contributed by atoms with Crippen molar-refractivity contribution in [3.05, 3.63) is 35.9 Å². The molecule has 3 heteroatoms. The van der Waals surface area contributed by atoms with Gasteiger partial charge in [0.15, 0.2) is 0 Å². The van der Waals surface area contributed by atoms with Gasteiger partial charge in [-0.05, 0) is 31.7 Å². The van der Waals surface area contributed by atoms with Crippen LogP contribution in [0.1, 0.15) is 31.7 Å². The second kappa shape index (κ2) is 5.21. The Labute approximate surface area is 111 Å². The lowest BCUT2D eigenvalue weighted by atomic mass is 9.94. The van der Waals surface area contributed by atoms with Crippen molar-refractivity contribution in [1.82, 2.24) is 5.32 Å². The number of halogens is 1. The standard InChI is InChI=1S/C14H18BrNO/c1-11(7-10-15)16-13(17)14(8-9-14)12-5-3-2-4-6-12/h2-6,11H,7-10H2,1H3,(H,16,17). The number of amides is 1. The predicted octanol–water partition coefficient (Wildman–Crippen LogP) is 3.01. The highest BCUT2D eigenvalue weighted by Gasteiger charge is 2.51. The minimum atomic E-state index is -0.234. The van der Waals surface area contributed by atoms with Gasteiger partial charge in [-0.1, -0.05) is 46.3 Å². The Hall–Kier alpha value is -0.830. The molecule has 1 N–H and O–H groups in total. The van der Waals surface area contributed by atoms with Crippen molar-refractivity contribution in [3.63, 3.8) is 0 Å². The van der Waals surface area contributed by atoms with Crippen LogP contribution in [0.3, 0.4) is 0 Å². The second-order valence-electron chi connectivity index (χ2n) is 4.80. The Bertz CT molecular complexity index is 386. The van der Waals surface area contributed by atoms with Crippen LogP contribution < -0.4 is 5.32 Å². The number of carbonyl (C=O) groups excluding carboxylic acids is 1. The first kappa shape index (κ1) is 12.6. The minimum Gasteiger partial charge on any atom is -0.353 e. The van der Waals surface area contributed by atoms with E-state index in [0.29, 0.717) is 0 Å². The molecule has 1 aromatic rings. The third-order valence-corrected chi connectivity index (χ3v) is 3.89. The summed E-state index contributed by atoms with van der Waals surface area (Å²) in [6, 6.07) is 10.4. The maximum atomic E-state index is 12.3. The molecular formula is C14H18BrNO. The molecule has 1 unspecified atom stereocenters. The quantitative estimate of drug-likeness (QED) is 0.832. The van der Waals surface area contributed by atoms with E-state index >= 15 is 0 Å². The van der Waals surface area contributed by atoms with Crippen LogP contribution in [0.2, 0.25) is 0 Å². The van der Waals surface area contributed by atoms with Gasteiger partial charge in [0, 0.05) is 11.4 Å². The van der Waals surface area contributed by atoms with Gasteiger partial charge in [0.1, 0.15) is 0 Å². The maximum absolute atomic E-state index is 12.3. The third-order valence-electron chi connectivity index (χ3n) is 3.43. The summed E-state index contributed by atoms with van der Waals surface area (Å²) < 4.78 is 0. The first-order valence-corrected chi connectivity index (χ1v) is 7.23. The molecule has 1 aliphatic carbocycles. The summed E-state index contributed by atoms with van der Waals surface area (Å²) in [4.78, 5) is 12.3. The molecule has 1 saturated carbocycles. The Kier molecular flexibility index (Phi) is 3.87. The highest BCUT2D eigenvalue weighted by atomic mass is 79.9. The zero-order chi connectivity index (χ0) is 12.3. The summed E-state index contributed by atoms with van der Waals surface area (Å²) in [7, 11) is 0. The van der Waals surface area contributed by atoms with Gasteiger partial charge in [-0.15, -0.1) is 0 Å². The lowest BCUT2D eigenvalue weighted by Gasteiger charge is -2.19. The first-order valence-electron chi connectivity index (χ1n) is 6.11. The van der Waals surface area contributed by atoms with E-state index in [1.807, 2.05) is 18.2 Å². The van der Waals surface area contributed by atoms with Crippen LogP contribution in [-0.2, 0) is 10.2 Å². The van der Waals surface area contributed by atoms with E-state index in [0.717, 1.165) is 30.2 Å². The third kappa shape index (κ3) is 2.71. The number of rotatable bonds is 5. The largest absolute Gasteiger partial charge is 0.353 e. The minimum absolute atomic E-state index is 0.192. The average Bonchev–Trinajstić information content (AvgIpc) is 3.11. The summed E-state index contributed by atoms with van der Waals surface area (Å²) in [5.74, 6) is 0.192. The Balaban J connectivity index is 2.04. The zero-order valence-electron chi connectivity index (χ0n) is 10.1. The molecule has 2 rings (SSSR count). The van der Waals surface area contributed by atoms with Gasteiger partial charge in [0.2, 0.25) is 5.91 Å². The maximum Gasteiger partial charge on any atom is 0.230 e. The van der Waals surface area contributed by atoms with Gasteiger partial charge < -0.3 is 5.32 Å². The van der Waals surface area contributed by atoms with Crippen LogP contribution in [0.25, 0.3) is 0 Å². The Morgan fingerprint density at radius 1 is 1.41 bits per heavy atom. The number of carbonyl (C=O) groups is 1. The van der Waals surface area contributed by atoms with E-state index in [9.17, 15) is 4.79 Å². The number of alkyl halides is 1. The van der Waals surface area contributed by atoms with Crippen molar-refractivity contribution in [2.45, 2.75) is 37.6 Å². The van der Waals surface area contributed by atoms with Crippen molar-refractivity contribution < 1.29 is 4.79 Å². The van der Waals surface area contributed by atoms with Crippen LogP contribution >= 0.6 is 15.9 Å². The average molecular weight is 296 g/mol. The number of hydrogen-bond donors (Lipinski definition) is 1. The molecule has 1 aliphatic rings. The van der Waals surface area contributed by atoms with Crippen LogP contribution in [0.15, 0.2) is 30.3 Å². The Morgan fingerprint density at radius 3 is 2.59 bits per heavy atom. The molecule has 0 saturated heterocycles. The van der Waals surface area contributed by atoms with Crippen LogP contribution in [0.5, 0.6) is 0 Å². The molecule has 17 heavy (non-hydrogen) atoms. The SMILES string of the molecule is CC(CCBr)NC(=O)C1(c2ccccc2)CC1. The van der Waals surface area contributed by atoms with E-state index in [-0.39, 0.29) is 17.4 Å². The monoisotopic (exact) mass is 295 g/mol. The van der Waals surface area contributed by atoms with E-state index in [1.165, 1.54) is 0 Å². The summed E-state index contributed by atoms with van der Waals surface area (Å²) in [5, 5.41) is 4.04. The molecule has 0 radical (unpaired) electrons. The normalized spacial score (nSPS) is 18.5. The van der Waals surface area contributed by atoms with E-state index in [4.69, 9.17) is 0 Å². The van der Waals surface area contributed by atoms with Gasteiger partial charge in [0.25, 0.3) is 0 Å². The Morgan fingerprint density at radius 2 is 2.06 bits per heavy atom. The van der Waals surface area contributed by atoms with E-state index < -0.39 is 0 Å². The van der Waals surface area contributed by atoms with Gasteiger partial charge >= 0.3 is 0 Å². The number of nitrogens with one attached hydrogen (secondary N) is 1. The highest BCUT2D eigenvalue weighted by molar-refractivity contribution is 9.09. The molecule has 1 aromatic carbocycles. The first-order chi connectivity index (χ1) is 8.19. The van der Waals surface area contributed by atoms with E-state index in [1.54, 1.807) is 0 Å². The van der Waals surface area contributed by atoms with Crippen molar-refractivity contribution in [2.75, 3.05) is 5.33 Å². The lowest BCUT2D eigenvalue weighted by molar-refractivity contribution is -0.124.